The third-order valence-corrected chi connectivity index (χ3v) is 4.36. The maximum absolute atomic E-state index is 12.8. The number of anilines is 1. The van der Waals surface area contributed by atoms with Gasteiger partial charge >= 0.3 is 0 Å². The molecule has 0 saturated carbocycles. The maximum Gasteiger partial charge on any atom is 0.264 e. The second-order valence-electron chi connectivity index (χ2n) is 6.02. The number of Topliss-reactive ketones (excluding diaryl/α,β-unsaturated/α-hetero) is 1. The van der Waals surface area contributed by atoms with E-state index in [4.69, 9.17) is 16.3 Å². The van der Waals surface area contributed by atoms with Crippen molar-refractivity contribution >= 4 is 29.0 Å². The van der Waals surface area contributed by atoms with E-state index in [1.54, 1.807) is 12.1 Å². The fourth-order valence-electron chi connectivity index (χ4n) is 3.05. The Kier molecular flexibility index (Phi) is 4.79. The van der Waals surface area contributed by atoms with Crippen molar-refractivity contribution in [1.82, 2.24) is 0 Å². The van der Waals surface area contributed by atoms with Crippen molar-refractivity contribution in [3.8, 4) is 5.75 Å². The predicted molar refractivity (Wildman–Crippen MR) is 94.9 cm³/mol. The summed E-state index contributed by atoms with van der Waals surface area (Å²) in [6, 6.07) is 14.1. The minimum atomic E-state index is -1.88. The summed E-state index contributed by atoms with van der Waals surface area (Å²) in [5, 5.41) is 11.3. The average Bonchev–Trinajstić information content (AvgIpc) is 2.77. The van der Waals surface area contributed by atoms with Gasteiger partial charge in [0, 0.05) is 17.0 Å². The van der Waals surface area contributed by atoms with E-state index in [0.717, 1.165) is 0 Å². The van der Waals surface area contributed by atoms with Gasteiger partial charge in [-0.3, -0.25) is 9.59 Å². The van der Waals surface area contributed by atoms with Crippen LogP contribution in [0.5, 0.6) is 5.75 Å². The van der Waals surface area contributed by atoms with Crippen LogP contribution in [0.25, 0.3) is 0 Å². The Morgan fingerprint density at radius 2 is 1.96 bits per heavy atom. The molecule has 1 N–H and O–H groups in total. The number of hydrogen-bond acceptors (Lipinski definition) is 4. The van der Waals surface area contributed by atoms with Crippen molar-refractivity contribution in [3.63, 3.8) is 0 Å². The Morgan fingerprint density at radius 3 is 2.64 bits per heavy atom. The summed E-state index contributed by atoms with van der Waals surface area (Å²) in [5.41, 5.74) is -0.964. The van der Waals surface area contributed by atoms with Crippen LogP contribution in [0.4, 0.5) is 5.69 Å². The Morgan fingerprint density at radius 1 is 1.24 bits per heavy atom. The van der Waals surface area contributed by atoms with Crippen LogP contribution in [0.15, 0.2) is 48.5 Å². The van der Waals surface area contributed by atoms with Gasteiger partial charge in [-0.25, -0.2) is 0 Å². The van der Waals surface area contributed by atoms with Crippen LogP contribution in [0.2, 0.25) is 5.02 Å². The number of nitrogens with zero attached hydrogens (tertiary/aromatic N) is 1. The molecule has 2 aromatic rings. The molecule has 1 heterocycles. The normalized spacial score (nSPS) is 19.0. The van der Waals surface area contributed by atoms with Crippen LogP contribution in [-0.2, 0) is 15.2 Å². The van der Waals surface area contributed by atoms with Crippen LogP contribution in [0, 0.1) is 0 Å². The molecule has 0 fully saturated rings. The molecule has 0 aliphatic carbocycles. The Hall–Kier alpha value is -2.37. The largest absolute Gasteiger partial charge is 0.492 e. The van der Waals surface area contributed by atoms with E-state index in [9.17, 15) is 14.7 Å². The molecule has 1 atom stereocenters. The summed E-state index contributed by atoms with van der Waals surface area (Å²) in [6.07, 6.45) is -0.283. The summed E-state index contributed by atoms with van der Waals surface area (Å²) in [4.78, 5) is 25.8. The van der Waals surface area contributed by atoms with E-state index in [1.165, 1.54) is 17.9 Å². The lowest BCUT2D eigenvalue weighted by Gasteiger charge is -2.22. The lowest BCUT2D eigenvalue weighted by atomic mass is 9.90. The van der Waals surface area contributed by atoms with E-state index in [0.29, 0.717) is 22.0 Å². The molecule has 130 valence electrons. The fourth-order valence-corrected chi connectivity index (χ4v) is 3.22. The van der Waals surface area contributed by atoms with E-state index in [1.807, 2.05) is 30.3 Å². The number of halogens is 1. The molecule has 2 aromatic carbocycles. The van der Waals surface area contributed by atoms with Gasteiger partial charge in [-0.2, -0.15) is 0 Å². The Labute approximate surface area is 150 Å². The number of ether oxygens (including phenoxy) is 1. The van der Waals surface area contributed by atoms with Gasteiger partial charge in [0.25, 0.3) is 5.91 Å². The van der Waals surface area contributed by atoms with E-state index < -0.39 is 11.5 Å². The summed E-state index contributed by atoms with van der Waals surface area (Å²) in [5.74, 6) is -0.106. The van der Waals surface area contributed by atoms with Gasteiger partial charge in [-0.05, 0) is 37.3 Å². The highest BCUT2D eigenvalue weighted by Crippen LogP contribution is 2.43. The number of carbonyl (C=O) groups excluding carboxylic acids is 2. The number of ketones is 1. The molecule has 3 rings (SSSR count). The number of aliphatic hydroxyl groups is 1. The van der Waals surface area contributed by atoms with Crippen molar-refractivity contribution in [1.29, 1.82) is 0 Å². The quantitative estimate of drug-likeness (QED) is 0.861. The average molecular weight is 360 g/mol. The van der Waals surface area contributed by atoms with Crippen molar-refractivity contribution < 1.29 is 19.4 Å². The number of benzene rings is 2. The Balaban J connectivity index is 1.83. The lowest BCUT2D eigenvalue weighted by Crippen LogP contribution is -2.43. The Bertz CT molecular complexity index is 808. The minimum absolute atomic E-state index is 0.253. The van der Waals surface area contributed by atoms with E-state index >= 15 is 0 Å². The van der Waals surface area contributed by atoms with Crippen molar-refractivity contribution in [2.75, 3.05) is 18.1 Å². The zero-order valence-corrected chi connectivity index (χ0v) is 14.5. The topological polar surface area (TPSA) is 66.8 Å². The highest BCUT2D eigenvalue weighted by molar-refractivity contribution is 6.31. The molecular weight excluding hydrogens is 342 g/mol. The molecular formula is C19H18ClNO4. The SMILES string of the molecule is CC(=O)C[C@]1(O)C(=O)N(CCOc2ccccc2)c2ccc(Cl)cc21. The van der Waals surface area contributed by atoms with Gasteiger partial charge < -0.3 is 14.7 Å². The van der Waals surface area contributed by atoms with Crippen LogP contribution in [-0.4, -0.2) is 29.9 Å². The van der Waals surface area contributed by atoms with Gasteiger partial charge in [0.05, 0.1) is 12.2 Å². The fraction of sp³-hybridized carbons (Fsp3) is 0.263. The maximum atomic E-state index is 12.8. The first kappa shape index (κ1) is 17.5. The summed E-state index contributed by atoms with van der Waals surface area (Å²) < 4.78 is 5.64. The molecule has 0 spiro atoms. The molecule has 0 aromatic heterocycles. The van der Waals surface area contributed by atoms with Crippen LogP contribution in [0.3, 0.4) is 0 Å². The van der Waals surface area contributed by atoms with Gasteiger partial charge in [-0.1, -0.05) is 29.8 Å². The third kappa shape index (κ3) is 3.38. The van der Waals surface area contributed by atoms with E-state index in [2.05, 4.69) is 0 Å². The first-order valence-corrected chi connectivity index (χ1v) is 8.31. The smallest absolute Gasteiger partial charge is 0.264 e. The van der Waals surface area contributed by atoms with Crippen LogP contribution >= 0.6 is 11.6 Å². The van der Waals surface area contributed by atoms with Crippen molar-refractivity contribution in [2.24, 2.45) is 0 Å². The van der Waals surface area contributed by atoms with Crippen molar-refractivity contribution in [3.05, 3.63) is 59.1 Å². The predicted octanol–water partition coefficient (Wildman–Crippen LogP) is 2.93. The highest BCUT2D eigenvalue weighted by atomic mass is 35.5. The van der Waals surface area contributed by atoms with Crippen LogP contribution < -0.4 is 9.64 Å². The standard InChI is InChI=1S/C19H18ClNO4/c1-13(22)12-19(24)16-11-14(20)7-8-17(16)21(18(19)23)9-10-25-15-5-3-2-4-6-15/h2-8,11,24H,9-10,12H2,1H3/t19-/m1/s1. The molecule has 0 radical (unpaired) electrons. The highest BCUT2D eigenvalue weighted by Gasteiger charge is 2.50. The number of carbonyl (C=O) groups is 2. The monoisotopic (exact) mass is 359 g/mol. The molecule has 5 nitrogen and oxygen atoms in total. The van der Waals surface area contributed by atoms with Crippen molar-refractivity contribution in [2.45, 2.75) is 18.9 Å². The number of rotatable bonds is 6. The first-order chi connectivity index (χ1) is 11.9. The van der Waals surface area contributed by atoms with Gasteiger partial charge in [-0.15, -0.1) is 0 Å². The third-order valence-electron chi connectivity index (χ3n) is 4.13. The molecule has 1 aliphatic rings. The van der Waals surface area contributed by atoms with E-state index in [-0.39, 0.29) is 25.4 Å². The summed E-state index contributed by atoms with van der Waals surface area (Å²) in [7, 11) is 0. The second-order valence-corrected chi connectivity index (χ2v) is 6.46. The second kappa shape index (κ2) is 6.86. The molecule has 1 aliphatic heterocycles. The van der Waals surface area contributed by atoms with Gasteiger partial charge in [0.15, 0.2) is 5.60 Å². The summed E-state index contributed by atoms with van der Waals surface area (Å²) >= 11 is 6.02. The molecule has 1 amide bonds. The summed E-state index contributed by atoms with van der Waals surface area (Å²) in [6.45, 7) is 1.85. The molecule has 0 bridgehead atoms. The lowest BCUT2D eigenvalue weighted by molar-refractivity contribution is -0.141. The number of amides is 1. The number of para-hydroxylation sites is 1. The minimum Gasteiger partial charge on any atom is -0.492 e. The zero-order valence-electron chi connectivity index (χ0n) is 13.7. The number of fused-ring (bicyclic) bond motifs is 1. The first-order valence-electron chi connectivity index (χ1n) is 7.93. The molecule has 0 saturated heterocycles. The van der Waals surface area contributed by atoms with Crippen LogP contribution in [0.1, 0.15) is 18.9 Å². The van der Waals surface area contributed by atoms with Gasteiger partial charge in [0.2, 0.25) is 0 Å². The molecule has 6 heteroatoms. The number of hydrogen-bond donors (Lipinski definition) is 1. The molecule has 0 unspecified atom stereocenters. The molecule has 25 heavy (non-hydrogen) atoms. The zero-order chi connectivity index (χ0) is 18.0. The van der Waals surface area contributed by atoms with Gasteiger partial charge in [0.1, 0.15) is 18.1 Å².